The Kier molecular flexibility index (Phi) is 6.23. The second-order valence-corrected chi connectivity index (χ2v) is 13.4. The summed E-state index contributed by atoms with van der Waals surface area (Å²) in [5, 5.41) is 11.3. The normalized spacial score (nSPS) is 49.4. The molecule has 4 fully saturated rings. The first kappa shape index (κ1) is 21.5. The molecule has 3 aliphatic carbocycles. The van der Waals surface area contributed by atoms with Gasteiger partial charge in [0, 0.05) is 11.0 Å². The molecule has 0 amide bonds. The zero-order chi connectivity index (χ0) is 20.1. The Morgan fingerprint density at radius 2 is 1.68 bits per heavy atom. The van der Waals surface area contributed by atoms with Gasteiger partial charge in [0.1, 0.15) is 0 Å². The van der Waals surface area contributed by atoms with E-state index in [4.69, 9.17) is 0 Å². The van der Waals surface area contributed by atoms with E-state index >= 15 is 0 Å². The van der Waals surface area contributed by atoms with Crippen LogP contribution in [0.25, 0.3) is 0 Å². The second-order valence-electron chi connectivity index (χ2n) is 12.2. The van der Waals surface area contributed by atoms with Crippen LogP contribution in [0.2, 0.25) is 0 Å². The molecule has 4 rings (SSSR count). The van der Waals surface area contributed by atoms with Crippen molar-refractivity contribution in [3.05, 3.63) is 0 Å². The number of aliphatic hydroxyl groups is 1. The van der Waals surface area contributed by atoms with Gasteiger partial charge in [0.15, 0.2) is 0 Å². The van der Waals surface area contributed by atoms with Crippen molar-refractivity contribution < 1.29 is 5.11 Å². The maximum atomic E-state index is 10.5. The molecule has 9 atom stereocenters. The predicted molar refractivity (Wildman–Crippen MR) is 123 cm³/mol. The molecule has 2 unspecified atom stereocenters. The van der Waals surface area contributed by atoms with Gasteiger partial charge in [-0.15, -0.1) is 0 Å². The van der Waals surface area contributed by atoms with Crippen LogP contribution in [0.1, 0.15) is 98.8 Å². The molecule has 0 spiro atoms. The summed E-state index contributed by atoms with van der Waals surface area (Å²) in [6, 6.07) is 0. The third kappa shape index (κ3) is 3.61. The number of hydrogen-bond donors (Lipinski definition) is 1. The quantitative estimate of drug-likeness (QED) is 0.522. The van der Waals surface area contributed by atoms with Crippen molar-refractivity contribution in [2.75, 3.05) is 5.75 Å². The maximum absolute atomic E-state index is 10.5. The Bertz CT molecular complexity index is 547. The maximum Gasteiger partial charge on any atom is 0.0636 e. The van der Waals surface area contributed by atoms with E-state index in [0.29, 0.717) is 10.8 Å². The molecule has 1 aliphatic heterocycles. The average Bonchev–Trinajstić information content (AvgIpc) is 2.98. The van der Waals surface area contributed by atoms with Crippen molar-refractivity contribution >= 4 is 11.8 Å². The summed E-state index contributed by atoms with van der Waals surface area (Å²) < 4.78 is 0. The topological polar surface area (TPSA) is 20.2 Å². The fourth-order valence-electron chi connectivity index (χ4n) is 8.80. The van der Waals surface area contributed by atoms with Crippen molar-refractivity contribution in [3.63, 3.8) is 0 Å². The Labute approximate surface area is 179 Å². The number of hydrogen-bond acceptors (Lipinski definition) is 2. The van der Waals surface area contributed by atoms with Gasteiger partial charge in [-0.1, -0.05) is 53.9 Å². The summed E-state index contributed by atoms with van der Waals surface area (Å²) in [5.74, 6) is 6.49. The SMILES string of the molecule is CC(C)CCC[C@@H](C)[C@H]1CC[C@H]2[C@@H]3CCC4SCC(O)C[C@]4(C)[C@H]3CC[C@]12C. The lowest BCUT2D eigenvalue weighted by molar-refractivity contribution is -0.0857. The standard InChI is InChI=1S/C26H46OS/c1-17(2)7-6-8-18(3)21-10-11-22-20-9-12-24-26(5,15-19(27)16-28-24)23(20)13-14-25(21,22)4/h17-24,27H,6-16H2,1-5H3/t18-,19?,20+,21-,22+,23+,24?,25-,26-/m1/s1. The highest BCUT2D eigenvalue weighted by Crippen LogP contribution is 2.68. The Hall–Kier alpha value is 0.310. The van der Waals surface area contributed by atoms with E-state index in [1.807, 2.05) is 0 Å². The molecule has 28 heavy (non-hydrogen) atoms. The summed E-state index contributed by atoms with van der Waals surface area (Å²) in [6.45, 7) is 12.6. The predicted octanol–water partition coefficient (Wildman–Crippen LogP) is 7.17. The van der Waals surface area contributed by atoms with E-state index in [-0.39, 0.29) is 6.10 Å². The van der Waals surface area contributed by atoms with E-state index in [9.17, 15) is 5.11 Å². The molecule has 162 valence electrons. The Morgan fingerprint density at radius 3 is 2.43 bits per heavy atom. The van der Waals surface area contributed by atoms with E-state index in [2.05, 4.69) is 46.4 Å². The van der Waals surface area contributed by atoms with Crippen molar-refractivity contribution in [2.45, 2.75) is 110 Å². The summed E-state index contributed by atoms with van der Waals surface area (Å²) in [6.07, 6.45) is 14.1. The van der Waals surface area contributed by atoms with Crippen molar-refractivity contribution in [3.8, 4) is 0 Å². The first-order valence-corrected chi connectivity index (χ1v) is 13.6. The van der Waals surface area contributed by atoms with Crippen molar-refractivity contribution in [1.29, 1.82) is 0 Å². The summed E-state index contributed by atoms with van der Waals surface area (Å²) in [7, 11) is 0. The molecular weight excluding hydrogens is 360 g/mol. The lowest BCUT2D eigenvalue weighted by Crippen LogP contribution is -2.55. The van der Waals surface area contributed by atoms with E-state index < -0.39 is 0 Å². The second kappa shape index (κ2) is 8.10. The van der Waals surface area contributed by atoms with E-state index in [0.717, 1.165) is 52.9 Å². The molecular formula is C26H46OS. The average molecular weight is 407 g/mol. The van der Waals surface area contributed by atoms with Crippen LogP contribution in [-0.2, 0) is 0 Å². The third-order valence-electron chi connectivity index (χ3n) is 10.1. The molecule has 0 aromatic heterocycles. The smallest absolute Gasteiger partial charge is 0.0636 e. The van der Waals surface area contributed by atoms with Crippen LogP contribution in [0.4, 0.5) is 0 Å². The van der Waals surface area contributed by atoms with Crippen LogP contribution in [0.3, 0.4) is 0 Å². The summed E-state index contributed by atoms with van der Waals surface area (Å²) in [5.41, 5.74) is 0.996. The molecule has 3 saturated carbocycles. The van der Waals surface area contributed by atoms with Crippen molar-refractivity contribution in [1.82, 2.24) is 0 Å². The van der Waals surface area contributed by atoms with Crippen molar-refractivity contribution in [2.24, 2.45) is 46.3 Å². The van der Waals surface area contributed by atoms with Gasteiger partial charge in [-0.25, -0.2) is 0 Å². The van der Waals surface area contributed by atoms with Crippen LogP contribution in [0.5, 0.6) is 0 Å². The van der Waals surface area contributed by atoms with E-state index in [1.54, 1.807) is 0 Å². The molecule has 0 radical (unpaired) electrons. The molecule has 1 saturated heterocycles. The Balaban J connectivity index is 1.47. The lowest BCUT2D eigenvalue weighted by atomic mass is 9.48. The Morgan fingerprint density at radius 1 is 0.929 bits per heavy atom. The van der Waals surface area contributed by atoms with Gasteiger partial charge in [0.05, 0.1) is 6.10 Å². The minimum Gasteiger partial charge on any atom is -0.392 e. The molecule has 2 heteroatoms. The highest BCUT2D eigenvalue weighted by atomic mass is 32.2. The fraction of sp³-hybridized carbons (Fsp3) is 1.00. The van der Waals surface area contributed by atoms with Crippen LogP contribution in [0.15, 0.2) is 0 Å². The monoisotopic (exact) mass is 406 g/mol. The first-order valence-electron chi connectivity index (χ1n) is 12.6. The van der Waals surface area contributed by atoms with Crippen LogP contribution >= 0.6 is 11.8 Å². The molecule has 1 N–H and O–H groups in total. The molecule has 0 bridgehead atoms. The molecule has 0 aromatic carbocycles. The van der Waals surface area contributed by atoms with Gasteiger partial charge in [0.25, 0.3) is 0 Å². The summed E-state index contributed by atoms with van der Waals surface area (Å²) >= 11 is 2.10. The molecule has 1 heterocycles. The van der Waals surface area contributed by atoms with E-state index in [1.165, 1.54) is 57.8 Å². The van der Waals surface area contributed by atoms with Gasteiger partial charge in [-0.3, -0.25) is 0 Å². The minimum atomic E-state index is -0.0596. The largest absolute Gasteiger partial charge is 0.392 e. The minimum absolute atomic E-state index is 0.0596. The van der Waals surface area contributed by atoms with Gasteiger partial charge >= 0.3 is 0 Å². The highest BCUT2D eigenvalue weighted by molar-refractivity contribution is 8.00. The fourth-order valence-corrected chi connectivity index (χ4v) is 10.3. The van der Waals surface area contributed by atoms with Crippen LogP contribution in [0, 0.1) is 46.3 Å². The molecule has 4 aliphatic rings. The third-order valence-corrected chi connectivity index (χ3v) is 11.9. The van der Waals surface area contributed by atoms with Gasteiger partial charge < -0.3 is 5.11 Å². The first-order chi connectivity index (χ1) is 13.3. The van der Waals surface area contributed by atoms with Gasteiger partial charge in [-0.05, 0) is 91.3 Å². The van der Waals surface area contributed by atoms with Crippen LogP contribution < -0.4 is 0 Å². The lowest BCUT2D eigenvalue weighted by Gasteiger charge is -2.61. The molecule has 0 aromatic rings. The number of thioether (sulfide) groups is 1. The van der Waals surface area contributed by atoms with Gasteiger partial charge in [0.2, 0.25) is 0 Å². The van der Waals surface area contributed by atoms with Gasteiger partial charge in [-0.2, -0.15) is 11.8 Å². The zero-order valence-electron chi connectivity index (χ0n) is 19.3. The number of rotatable bonds is 5. The highest BCUT2D eigenvalue weighted by Gasteiger charge is 2.60. The van der Waals surface area contributed by atoms with Crippen LogP contribution in [-0.4, -0.2) is 22.2 Å². The number of fused-ring (bicyclic) bond motifs is 5. The summed E-state index contributed by atoms with van der Waals surface area (Å²) in [4.78, 5) is 0. The zero-order valence-corrected chi connectivity index (χ0v) is 20.1. The molecule has 1 nitrogen and oxygen atoms in total. The number of aliphatic hydroxyl groups excluding tert-OH is 1.